The van der Waals surface area contributed by atoms with Crippen LogP contribution in [0.5, 0.6) is 0 Å². The van der Waals surface area contributed by atoms with E-state index in [2.05, 4.69) is 310 Å². The predicted octanol–water partition coefficient (Wildman–Crippen LogP) is 19.0. The molecule has 4 heterocycles. The number of benzene rings is 7. The average molecular weight is 1060 g/mol. The summed E-state index contributed by atoms with van der Waals surface area (Å²) in [5.74, 6) is 0. The van der Waals surface area contributed by atoms with E-state index >= 15 is 0 Å². The minimum atomic E-state index is -0.239. The first-order chi connectivity index (χ1) is 38.0. The summed E-state index contributed by atoms with van der Waals surface area (Å²) in [7, 11) is 0. The Morgan fingerprint density at radius 2 is 0.716 bits per heavy atom. The maximum atomic E-state index is 5.69. The van der Waals surface area contributed by atoms with Crippen LogP contribution in [0.2, 0.25) is 0 Å². The monoisotopic (exact) mass is 1060 g/mol. The Bertz CT molecular complexity index is 3800. The highest BCUT2D eigenvalue weighted by molar-refractivity contribution is 7.00. The molecule has 0 unspecified atom stereocenters. The summed E-state index contributed by atoms with van der Waals surface area (Å²) in [5.41, 5.74) is 25.8. The lowest BCUT2D eigenvalue weighted by molar-refractivity contribution is 0.569. The van der Waals surface area contributed by atoms with Gasteiger partial charge in [-0.1, -0.05) is 228 Å². The van der Waals surface area contributed by atoms with Gasteiger partial charge in [0.25, 0.3) is 6.71 Å². The molecule has 2 aliphatic heterocycles. The molecular weight excluding hydrogens is 980 g/mol. The molecule has 2 aromatic heterocycles. The molecule has 5 heteroatoms. The van der Waals surface area contributed by atoms with Crippen molar-refractivity contribution in [3.8, 4) is 44.8 Å². The second kappa shape index (κ2) is 19.6. The van der Waals surface area contributed by atoms with Crippen molar-refractivity contribution >= 4 is 57.2 Å². The second-order valence-electron chi connectivity index (χ2n) is 29.3. The number of anilines is 6. The summed E-state index contributed by atoms with van der Waals surface area (Å²) in [6.45, 7) is 41.6. The average Bonchev–Trinajstić information content (AvgIpc) is 1.18. The van der Waals surface area contributed by atoms with Crippen LogP contribution in [0.1, 0.15) is 158 Å². The SMILES string of the molecule is CC(C)(C)c1ccc2c(c1)B1c3cc(-c4ccccc4)ccc3N(c3c(-c4cccc(C(C)(C)C)n4)cc(C(C)(C)C)cc3-c3cccc(C(C)(C)C)n3)c3cc(C(C)(C)C)cc(c31)N2c1ccc(C(C)(C)C)cc1-c1ccccc1. The number of hydrogen-bond acceptors (Lipinski definition) is 4. The van der Waals surface area contributed by atoms with Gasteiger partial charge in [-0.15, -0.1) is 0 Å². The van der Waals surface area contributed by atoms with Gasteiger partial charge in [0.2, 0.25) is 0 Å². The predicted molar refractivity (Wildman–Crippen MR) is 350 cm³/mol. The molecule has 0 amide bonds. The van der Waals surface area contributed by atoms with Gasteiger partial charge in [-0.05, 0) is 150 Å². The van der Waals surface area contributed by atoms with Gasteiger partial charge in [0, 0.05) is 61.7 Å². The zero-order valence-electron chi connectivity index (χ0n) is 51.6. The van der Waals surface area contributed by atoms with Crippen molar-refractivity contribution in [3.05, 3.63) is 210 Å². The molecule has 0 radical (unpaired) electrons. The number of fused-ring (bicyclic) bond motifs is 4. The normalized spacial score (nSPS) is 13.7. The fourth-order valence-corrected chi connectivity index (χ4v) is 12.0. The van der Waals surface area contributed by atoms with Gasteiger partial charge in [-0.3, -0.25) is 9.97 Å². The van der Waals surface area contributed by atoms with Gasteiger partial charge >= 0.3 is 0 Å². The van der Waals surface area contributed by atoms with E-state index in [0.717, 1.165) is 56.7 Å². The van der Waals surface area contributed by atoms with Gasteiger partial charge in [0.1, 0.15) is 0 Å². The van der Waals surface area contributed by atoms with Crippen LogP contribution in [0.15, 0.2) is 176 Å². The molecular formula is C76H83BN4. The summed E-state index contributed by atoms with van der Waals surface area (Å²) in [5, 5.41) is 0. The third kappa shape index (κ3) is 10.3. The highest BCUT2D eigenvalue weighted by atomic mass is 15.2. The Kier molecular flexibility index (Phi) is 13.4. The molecule has 4 nitrogen and oxygen atoms in total. The molecule has 0 saturated heterocycles. The Morgan fingerprint density at radius 3 is 1.22 bits per heavy atom. The summed E-state index contributed by atoms with van der Waals surface area (Å²) < 4.78 is 0. The number of nitrogens with zero attached hydrogens (tertiary/aromatic N) is 4. The third-order valence-electron chi connectivity index (χ3n) is 16.9. The lowest BCUT2D eigenvalue weighted by Gasteiger charge is -2.46. The third-order valence-corrected chi connectivity index (χ3v) is 16.9. The molecule has 0 atom stereocenters. The molecule has 11 rings (SSSR count). The number of rotatable bonds is 6. The van der Waals surface area contributed by atoms with Crippen LogP contribution < -0.4 is 26.2 Å². The van der Waals surface area contributed by atoms with Crippen molar-refractivity contribution in [3.63, 3.8) is 0 Å². The molecule has 410 valence electrons. The van der Waals surface area contributed by atoms with Crippen molar-refractivity contribution in [1.82, 2.24) is 9.97 Å². The number of pyridine rings is 2. The quantitative estimate of drug-likeness (QED) is 0.155. The molecule has 0 bridgehead atoms. The lowest BCUT2D eigenvalue weighted by atomic mass is 9.33. The Morgan fingerprint density at radius 1 is 0.296 bits per heavy atom. The van der Waals surface area contributed by atoms with Crippen LogP contribution in [0, 0.1) is 0 Å². The highest BCUT2D eigenvalue weighted by Crippen LogP contribution is 2.53. The van der Waals surface area contributed by atoms with Crippen molar-refractivity contribution in [1.29, 1.82) is 0 Å². The molecule has 0 N–H and O–H groups in total. The maximum absolute atomic E-state index is 5.69. The van der Waals surface area contributed by atoms with Crippen molar-refractivity contribution in [2.75, 3.05) is 9.80 Å². The van der Waals surface area contributed by atoms with Crippen LogP contribution in [-0.4, -0.2) is 16.7 Å². The first-order valence-electron chi connectivity index (χ1n) is 29.4. The lowest BCUT2D eigenvalue weighted by Crippen LogP contribution is -2.61. The van der Waals surface area contributed by atoms with Gasteiger partial charge in [0.05, 0.1) is 22.8 Å². The summed E-state index contributed by atoms with van der Waals surface area (Å²) >= 11 is 0. The summed E-state index contributed by atoms with van der Waals surface area (Å²) in [4.78, 5) is 16.7. The summed E-state index contributed by atoms with van der Waals surface area (Å²) in [6, 6.07) is 67.1. The molecule has 2 aliphatic rings. The molecule has 0 fully saturated rings. The zero-order chi connectivity index (χ0) is 57.9. The first-order valence-corrected chi connectivity index (χ1v) is 29.4. The molecule has 9 aromatic rings. The number of hydrogen-bond donors (Lipinski definition) is 0. The Balaban J connectivity index is 1.36. The highest BCUT2D eigenvalue weighted by Gasteiger charge is 2.46. The topological polar surface area (TPSA) is 32.3 Å². The van der Waals surface area contributed by atoms with Gasteiger partial charge < -0.3 is 9.80 Å². The molecule has 7 aromatic carbocycles. The molecule has 0 spiro atoms. The minimum absolute atomic E-state index is 0.0684. The van der Waals surface area contributed by atoms with Crippen LogP contribution in [0.3, 0.4) is 0 Å². The van der Waals surface area contributed by atoms with E-state index in [-0.39, 0.29) is 39.2 Å². The van der Waals surface area contributed by atoms with Gasteiger partial charge in [-0.2, -0.15) is 0 Å². The molecule has 0 saturated carbocycles. The Hall–Kier alpha value is -7.50. The largest absolute Gasteiger partial charge is 0.311 e. The van der Waals surface area contributed by atoms with E-state index in [9.17, 15) is 0 Å². The zero-order valence-corrected chi connectivity index (χ0v) is 51.6. The van der Waals surface area contributed by atoms with E-state index < -0.39 is 0 Å². The van der Waals surface area contributed by atoms with Gasteiger partial charge in [0.15, 0.2) is 0 Å². The van der Waals surface area contributed by atoms with E-state index in [4.69, 9.17) is 9.97 Å². The first kappa shape index (κ1) is 55.4. The van der Waals surface area contributed by atoms with Crippen molar-refractivity contribution < 1.29 is 0 Å². The van der Waals surface area contributed by atoms with E-state index in [1.165, 1.54) is 72.3 Å². The van der Waals surface area contributed by atoms with Crippen molar-refractivity contribution in [2.45, 2.75) is 157 Å². The van der Waals surface area contributed by atoms with Crippen LogP contribution in [0.4, 0.5) is 34.1 Å². The molecule has 81 heavy (non-hydrogen) atoms. The summed E-state index contributed by atoms with van der Waals surface area (Å²) in [6.07, 6.45) is 0. The molecule has 0 aliphatic carbocycles. The minimum Gasteiger partial charge on any atom is -0.311 e. The van der Waals surface area contributed by atoms with Gasteiger partial charge in [-0.25, -0.2) is 0 Å². The maximum Gasteiger partial charge on any atom is 0.252 e. The van der Waals surface area contributed by atoms with Crippen LogP contribution in [-0.2, 0) is 32.5 Å². The fourth-order valence-electron chi connectivity index (χ4n) is 12.0. The van der Waals surface area contributed by atoms with E-state index in [1.807, 2.05) is 0 Å². The van der Waals surface area contributed by atoms with E-state index in [0.29, 0.717) is 0 Å². The fraction of sp³-hybridized carbons (Fsp3) is 0.316. The number of aromatic nitrogens is 2. The second-order valence-corrected chi connectivity index (χ2v) is 29.3. The van der Waals surface area contributed by atoms with Crippen LogP contribution >= 0.6 is 0 Å². The van der Waals surface area contributed by atoms with Crippen LogP contribution in [0.25, 0.3) is 44.8 Å². The Labute approximate surface area is 485 Å². The standard InChI is InChI=1S/C76H83BN4/c1-71(2,3)51-36-39-62(55(42-51)49-29-23-20-24-30-49)80-63-40-37-52(72(4,5)6)45-59(63)77-58-41-50(48-27-21-19-22-28-48)35-38-64(58)81(66-47-54(74(10,11)12)46-65(80)69(66)77)70-56(60-31-25-33-67(78-60)75(13,14)15)43-53(73(7,8)9)44-57(70)61-32-26-34-68(79-61)76(16,17)18/h19-47H,1-18H3. The van der Waals surface area contributed by atoms with Crippen molar-refractivity contribution in [2.24, 2.45) is 0 Å². The smallest absolute Gasteiger partial charge is 0.252 e. The van der Waals surface area contributed by atoms with E-state index in [1.54, 1.807) is 0 Å².